The first-order valence-electron chi connectivity index (χ1n) is 12.4. The molecule has 7 nitrogen and oxygen atoms in total. The smallest absolute Gasteiger partial charge is 0.234 e. The predicted molar refractivity (Wildman–Crippen MR) is 150 cm³/mol. The second kappa shape index (κ2) is 10.1. The molecule has 1 aliphatic heterocycles. The van der Waals surface area contributed by atoms with Crippen LogP contribution in [0.1, 0.15) is 61.8 Å². The molecule has 1 aliphatic rings. The van der Waals surface area contributed by atoms with E-state index in [1.807, 2.05) is 0 Å². The molecule has 1 N–H and O–H groups in total. The lowest BCUT2D eigenvalue weighted by atomic mass is 9.88. The van der Waals surface area contributed by atoms with Crippen molar-refractivity contribution in [1.29, 1.82) is 0 Å². The Labute approximate surface area is 224 Å². The van der Waals surface area contributed by atoms with Crippen LogP contribution < -0.4 is 5.32 Å². The Hall–Kier alpha value is -2.88. The predicted octanol–water partition coefficient (Wildman–Crippen LogP) is 6.22. The fraction of sp³-hybridized carbons (Fsp3) is 0.393. The first kappa shape index (κ1) is 25.8. The molecule has 0 fully saturated rings. The number of ketones is 1. The summed E-state index contributed by atoms with van der Waals surface area (Å²) in [5, 5.41) is 4.76. The molecule has 9 heteroatoms. The molecule has 0 atom stereocenters. The normalized spacial score (nSPS) is 14.8. The topological polar surface area (TPSA) is 94.1 Å². The number of carbonyl (C=O) groups is 2. The lowest BCUT2D eigenvalue weighted by molar-refractivity contribution is -0.113. The number of benzene rings is 1. The number of thiophene rings is 1. The van der Waals surface area contributed by atoms with Crippen LogP contribution in [0.2, 0.25) is 0 Å². The van der Waals surface area contributed by atoms with Gasteiger partial charge in [0.2, 0.25) is 5.91 Å². The minimum absolute atomic E-state index is 0.00674. The molecule has 5 rings (SSSR count). The van der Waals surface area contributed by atoms with E-state index in [1.165, 1.54) is 29.8 Å². The average molecular weight is 535 g/mol. The molecule has 0 spiro atoms. The number of Topliss-reactive ketones (excluding diaryl/α,β-unsaturated/α-hetero) is 1. The van der Waals surface area contributed by atoms with E-state index in [0.29, 0.717) is 23.8 Å². The third-order valence-corrected chi connectivity index (χ3v) is 8.60. The van der Waals surface area contributed by atoms with E-state index < -0.39 is 0 Å². The van der Waals surface area contributed by atoms with Gasteiger partial charge >= 0.3 is 0 Å². The molecule has 0 unspecified atom stereocenters. The standard InChI is InChI=1S/C28H30N4O3S2/c1-15(2)10-21-20-12-35-28(4,5)11-19(20)23-24-25(37-26(23)32-21)27(30-14-29-24)36-13-22(34)31-18-8-6-17(7-9-18)16(3)33/h6-9,14-15H,10-13H2,1-5H3,(H,31,34). The minimum Gasteiger partial charge on any atom is -0.370 e. The zero-order valence-corrected chi connectivity index (χ0v) is 23.3. The molecule has 0 saturated carbocycles. The van der Waals surface area contributed by atoms with E-state index in [0.717, 1.165) is 44.0 Å². The summed E-state index contributed by atoms with van der Waals surface area (Å²) in [6, 6.07) is 6.90. The number of ether oxygens (including phenoxy) is 1. The number of pyridine rings is 1. The van der Waals surface area contributed by atoms with E-state index in [1.54, 1.807) is 41.9 Å². The molecule has 1 aromatic carbocycles. The van der Waals surface area contributed by atoms with Crippen molar-refractivity contribution in [3.05, 3.63) is 53.0 Å². The number of aromatic nitrogens is 3. The van der Waals surface area contributed by atoms with Crippen molar-refractivity contribution in [3.8, 4) is 0 Å². The average Bonchev–Trinajstić information content (AvgIpc) is 3.21. The number of hydrogen-bond donors (Lipinski definition) is 1. The molecule has 192 valence electrons. The maximum absolute atomic E-state index is 12.7. The molecule has 1 amide bonds. The van der Waals surface area contributed by atoms with Gasteiger partial charge in [0.1, 0.15) is 16.2 Å². The summed E-state index contributed by atoms with van der Waals surface area (Å²) in [6.07, 6.45) is 3.28. The SMILES string of the molecule is CC(=O)c1ccc(NC(=O)CSc2ncnc3c2sc2nc(CC(C)C)c4c(c23)CC(C)(C)OC4)cc1. The number of thioether (sulfide) groups is 1. The fourth-order valence-electron chi connectivity index (χ4n) is 4.63. The molecule has 0 bridgehead atoms. The van der Waals surface area contributed by atoms with Crippen molar-refractivity contribution in [2.24, 2.45) is 5.92 Å². The summed E-state index contributed by atoms with van der Waals surface area (Å²) in [4.78, 5) is 39.4. The Morgan fingerprint density at radius 1 is 1.16 bits per heavy atom. The third kappa shape index (κ3) is 5.39. The maximum atomic E-state index is 12.7. The maximum Gasteiger partial charge on any atom is 0.234 e. The molecule has 4 aromatic rings. The number of hydrogen-bond acceptors (Lipinski definition) is 8. The van der Waals surface area contributed by atoms with Crippen molar-refractivity contribution in [2.45, 2.75) is 64.7 Å². The first-order chi connectivity index (χ1) is 17.6. The molecular weight excluding hydrogens is 504 g/mol. The summed E-state index contributed by atoms with van der Waals surface area (Å²) < 4.78 is 7.13. The second-order valence-corrected chi connectivity index (χ2v) is 12.4. The molecular formula is C28H30N4O3S2. The largest absolute Gasteiger partial charge is 0.370 e. The van der Waals surface area contributed by atoms with E-state index in [-0.39, 0.29) is 23.0 Å². The molecule has 0 saturated heterocycles. The highest BCUT2D eigenvalue weighted by Gasteiger charge is 2.32. The number of nitrogens with one attached hydrogen (secondary N) is 1. The van der Waals surface area contributed by atoms with Gasteiger partial charge in [-0.2, -0.15) is 0 Å². The van der Waals surface area contributed by atoms with Crippen LogP contribution in [0.4, 0.5) is 5.69 Å². The number of anilines is 1. The van der Waals surface area contributed by atoms with Crippen molar-refractivity contribution < 1.29 is 14.3 Å². The van der Waals surface area contributed by atoms with Gasteiger partial charge in [-0.15, -0.1) is 11.3 Å². The van der Waals surface area contributed by atoms with Gasteiger partial charge < -0.3 is 10.1 Å². The molecule has 4 heterocycles. The van der Waals surface area contributed by atoms with Gasteiger partial charge in [0.25, 0.3) is 0 Å². The van der Waals surface area contributed by atoms with Gasteiger partial charge in [0, 0.05) is 34.3 Å². The highest BCUT2D eigenvalue weighted by molar-refractivity contribution is 8.00. The fourth-order valence-corrected chi connectivity index (χ4v) is 6.68. The quantitative estimate of drug-likeness (QED) is 0.171. The van der Waals surface area contributed by atoms with Gasteiger partial charge in [-0.1, -0.05) is 25.6 Å². The van der Waals surface area contributed by atoms with E-state index in [2.05, 4.69) is 43.0 Å². The van der Waals surface area contributed by atoms with Crippen molar-refractivity contribution in [1.82, 2.24) is 15.0 Å². The van der Waals surface area contributed by atoms with Crippen LogP contribution in [0.5, 0.6) is 0 Å². The third-order valence-electron chi connectivity index (χ3n) is 6.40. The monoisotopic (exact) mass is 534 g/mol. The van der Waals surface area contributed by atoms with Crippen LogP contribution in [0.3, 0.4) is 0 Å². The van der Waals surface area contributed by atoms with Crippen molar-refractivity contribution >= 4 is 60.9 Å². The Balaban J connectivity index is 1.45. The van der Waals surface area contributed by atoms with Crippen LogP contribution in [-0.4, -0.2) is 38.0 Å². The van der Waals surface area contributed by atoms with Gasteiger partial charge in [-0.25, -0.2) is 15.0 Å². The number of fused-ring (bicyclic) bond motifs is 5. The highest BCUT2D eigenvalue weighted by Crippen LogP contribution is 2.43. The zero-order chi connectivity index (χ0) is 26.3. The van der Waals surface area contributed by atoms with Crippen LogP contribution in [0.15, 0.2) is 35.6 Å². The summed E-state index contributed by atoms with van der Waals surface area (Å²) in [5.74, 6) is 0.552. The zero-order valence-electron chi connectivity index (χ0n) is 21.7. The number of nitrogens with zero attached hydrogens (tertiary/aromatic N) is 3. The number of carbonyl (C=O) groups excluding carboxylic acids is 2. The van der Waals surface area contributed by atoms with Crippen LogP contribution in [0.25, 0.3) is 20.4 Å². The van der Waals surface area contributed by atoms with E-state index >= 15 is 0 Å². The van der Waals surface area contributed by atoms with Gasteiger partial charge in [-0.3, -0.25) is 9.59 Å². The number of rotatable bonds is 7. The van der Waals surface area contributed by atoms with Gasteiger partial charge in [-0.05, 0) is 62.9 Å². The molecule has 3 aromatic heterocycles. The minimum atomic E-state index is -0.254. The summed E-state index contributed by atoms with van der Waals surface area (Å²) in [5.41, 5.74) is 5.50. The van der Waals surface area contributed by atoms with E-state index in [9.17, 15) is 9.59 Å². The van der Waals surface area contributed by atoms with Gasteiger partial charge in [0.05, 0.1) is 28.2 Å². The van der Waals surface area contributed by atoms with Crippen LogP contribution in [-0.2, 0) is 29.0 Å². The Kier molecular flexibility index (Phi) is 7.04. The molecule has 37 heavy (non-hydrogen) atoms. The van der Waals surface area contributed by atoms with Crippen molar-refractivity contribution in [2.75, 3.05) is 11.1 Å². The summed E-state index contributed by atoms with van der Waals surface area (Å²) in [7, 11) is 0. The summed E-state index contributed by atoms with van der Waals surface area (Å²) in [6.45, 7) is 10.7. The Morgan fingerprint density at radius 3 is 2.62 bits per heavy atom. The van der Waals surface area contributed by atoms with Crippen LogP contribution in [0, 0.1) is 5.92 Å². The van der Waals surface area contributed by atoms with Crippen molar-refractivity contribution in [3.63, 3.8) is 0 Å². The molecule has 0 radical (unpaired) electrons. The Bertz CT molecular complexity index is 1510. The summed E-state index contributed by atoms with van der Waals surface area (Å²) >= 11 is 2.99. The van der Waals surface area contributed by atoms with Crippen LogP contribution >= 0.6 is 23.1 Å². The second-order valence-electron chi connectivity index (χ2n) is 10.4. The number of amides is 1. The Morgan fingerprint density at radius 2 is 1.92 bits per heavy atom. The van der Waals surface area contributed by atoms with Gasteiger partial charge in [0.15, 0.2) is 5.78 Å². The lowest BCUT2D eigenvalue weighted by Crippen LogP contribution is -2.33. The lowest BCUT2D eigenvalue weighted by Gasteiger charge is -2.33. The molecule has 0 aliphatic carbocycles. The highest BCUT2D eigenvalue weighted by atomic mass is 32.2. The first-order valence-corrected chi connectivity index (χ1v) is 14.2. The van der Waals surface area contributed by atoms with E-state index in [4.69, 9.17) is 9.72 Å².